The van der Waals surface area contributed by atoms with E-state index in [9.17, 15) is 0 Å². The van der Waals surface area contributed by atoms with Crippen LogP contribution in [-0.4, -0.2) is 0 Å². The van der Waals surface area contributed by atoms with E-state index in [1.165, 1.54) is 64.0 Å². The predicted molar refractivity (Wildman–Crippen MR) is 153 cm³/mol. The van der Waals surface area contributed by atoms with Crippen LogP contribution in [0, 0.1) is 0 Å². The summed E-state index contributed by atoms with van der Waals surface area (Å²) < 4.78 is 3.85. The fourth-order valence-electron chi connectivity index (χ4n) is 5.12. The lowest BCUT2D eigenvalue weighted by Crippen LogP contribution is -1.88. The summed E-state index contributed by atoms with van der Waals surface area (Å²) in [5.74, 6) is 0. The molecule has 6 aromatic carbocycles. The molecule has 0 fully saturated rings. The fourth-order valence-corrected chi connectivity index (χ4v) is 6.90. The highest BCUT2D eigenvalue weighted by molar-refractivity contribution is 9.10. The van der Waals surface area contributed by atoms with Gasteiger partial charge in [-0.15, -0.1) is 11.3 Å². The van der Waals surface area contributed by atoms with Crippen molar-refractivity contribution in [1.82, 2.24) is 0 Å². The highest BCUT2D eigenvalue weighted by Crippen LogP contribution is 2.42. The predicted octanol–water partition coefficient (Wildman–Crippen LogP) is 10.5. The topological polar surface area (TPSA) is 0 Å². The molecule has 0 saturated carbocycles. The van der Waals surface area contributed by atoms with Gasteiger partial charge in [-0.1, -0.05) is 97.1 Å². The first-order chi connectivity index (χ1) is 16.8. The summed E-state index contributed by atoms with van der Waals surface area (Å²) in [5.41, 5.74) is 5.03. The molecule has 2 heteroatoms. The lowest BCUT2D eigenvalue weighted by Gasteiger charge is -2.15. The van der Waals surface area contributed by atoms with Crippen molar-refractivity contribution in [2.75, 3.05) is 0 Å². The summed E-state index contributed by atoms with van der Waals surface area (Å²) in [6.07, 6.45) is 0. The van der Waals surface area contributed by atoms with E-state index in [1.807, 2.05) is 11.3 Å². The Labute approximate surface area is 210 Å². The number of hydrogen-bond acceptors (Lipinski definition) is 1. The Balaban J connectivity index is 1.40. The van der Waals surface area contributed by atoms with E-state index in [0.29, 0.717) is 0 Å². The van der Waals surface area contributed by atoms with Crippen molar-refractivity contribution in [2.45, 2.75) is 0 Å². The van der Waals surface area contributed by atoms with Crippen LogP contribution in [0.5, 0.6) is 0 Å². The van der Waals surface area contributed by atoms with E-state index in [2.05, 4.69) is 131 Å². The van der Waals surface area contributed by atoms with Crippen LogP contribution in [0.2, 0.25) is 0 Å². The third-order valence-corrected chi connectivity index (χ3v) is 8.76. The van der Waals surface area contributed by atoms with Gasteiger partial charge >= 0.3 is 0 Å². The van der Waals surface area contributed by atoms with Crippen molar-refractivity contribution in [1.29, 1.82) is 0 Å². The molecule has 0 spiro atoms. The van der Waals surface area contributed by atoms with Gasteiger partial charge in [0.2, 0.25) is 0 Å². The van der Waals surface area contributed by atoms with Gasteiger partial charge in [0.25, 0.3) is 0 Å². The first kappa shape index (κ1) is 20.0. The van der Waals surface area contributed by atoms with Gasteiger partial charge in [-0.3, -0.25) is 0 Å². The molecule has 0 aliphatic heterocycles. The van der Waals surface area contributed by atoms with E-state index in [1.54, 1.807) is 0 Å². The van der Waals surface area contributed by atoms with Crippen LogP contribution in [0.4, 0.5) is 0 Å². The summed E-state index contributed by atoms with van der Waals surface area (Å²) in [6, 6.07) is 41.9. The maximum atomic E-state index is 3.87. The first-order valence-corrected chi connectivity index (χ1v) is 13.0. The average molecular weight is 515 g/mol. The van der Waals surface area contributed by atoms with Crippen molar-refractivity contribution in [3.63, 3.8) is 0 Å². The van der Waals surface area contributed by atoms with Crippen LogP contribution in [0.1, 0.15) is 0 Å². The van der Waals surface area contributed by atoms with E-state index in [0.717, 1.165) is 4.47 Å². The highest BCUT2D eigenvalue weighted by Gasteiger charge is 2.14. The molecule has 0 atom stereocenters. The molecule has 34 heavy (non-hydrogen) atoms. The van der Waals surface area contributed by atoms with Crippen LogP contribution >= 0.6 is 27.3 Å². The molecule has 0 amide bonds. The zero-order valence-electron chi connectivity index (χ0n) is 18.3. The smallest absolute Gasteiger partial charge is 0.0355 e. The Morgan fingerprint density at radius 3 is 1.59 bits per heavy atom. The van der Waals surface area contributed by atoms with E-state index in [4.69, 9.17) is 0 Å². The molecule has 7 rings (SSSR count). The fraction of sp³-hybridized carbons (Fsp3) is 0. The molecule has 0 unspecified atom stereocenters. The van der Waals surface area contributed by atoms with Gasteiger partial charge in [-0.2, -0.15) is 0 Å². The summed E-state index contributed by atoms with van der Waals surface area (Å²) in [5, 5.41) is 7.71. The summed E-state index contributed by atoms with van der Waals surface area (Å²) in [4.78, 5) is 0. The molecule has 1 aromatic heterocycles. The highest BCUT2D eigenvalue weighted by atomic mass is 79.9. The van der Waals surface area contributed by atoms with Crippen molar-refractivity contribution >= 4 is 69.0 Å². The zero-order valence-corrected chi connectivity index (χ0v) is 20.7. The molecule has 0 saturated heterocycles. The molecular formula is C32H19BrS. The van der Waals surface area contributed by atoms with Gasteiger partial charge in [-0.25, -0.2) is 0 Å². The molecule has 0 bridgehead atoms. The zero-order chi connectivity index (χ0) is 22.6. The van der Waals surface area contributed by atoms with Crippen LogP contribution in [0.25, 0.3) is 64.0 Å². The van der Waals surface area contributed by atoms with Gasteiger partial charge in [0, 0.05) is 24.6 Å². The summed E-state index contributed by atoms with van der Waals surface area (Å²) in [6.45, 7) is 0. The van der Waals surface area contributed by atoms with Crippen molar-refractivity contribution in [3.05, 3.63) is 120 Å². The Bertz CT molecular complexity index is 1800. The lowest BCUT2D eigenvalue weighted by molar-refractivity contribution is 1.63. The van der Waals surface area contributed by atoms with Crippen LogP contribution in [0.3, 0.4) is 0 Å². The van der Waals surface area contributed by atoms with Crippen LogP contribution in [0.15, 0.2) is 120 Å². The van der Waals surface area contributed by atoms with E-state index in [-0.39, 0.29) is 0 Å². The van der Waals surface area contributed by atoms with Crippen molar-refractivity contribution in [3.8, 4) is 22.3 Å². The Hall–Kier alpha value is -3.46. The van der Waals surface area contributed by atoms with Gasteiger partial charge < -0.3 is 0 Å². The van der Waals surface area contributed by atoms with Crippen molar-refractivity contribution in [2.24, 2.45) is 0 Å². The molecule has 0 N–H and O–H groups in total. The monoisotopic (exact) mass is 514 g/mol. The molecule has 0 radical (unpaired) electrons. The Morgan fingerprint density at radius 2 is 0.912 bits per heavy atom. The van der Waals surface area contributed by atoms with E-state index >= 15 is 0 Å². The molecule has 0 nitrogen and oxygen atoms in total. The minimum absolute atomic E-state index is 1.16. The molecule has 0 aliphatic rings. The maximum Gasteiger partial charge on any atom is 0.0355 e. The summed E-state index contributed by atoms with van der Waals surface area (Å²) in [7, 11) is 0. The number of fused-ring (bicyclic) bond motifs is 5. The molecular weight excluding hydrogens is 496 g/mol. The number of benzene rings is 6. The minimum Gasteiger partial charge on any atom is -0.135 e. The van der Waals surface area contributed by atoms with Gasteiger partial charge in [-0.05, 0) is 77.9 Å². The van der Waals surface area contributed by atoms with Gasteiger partial charge in [0.1, 0.15) is 0 Å². The average Bonchev–Trinajstić information content (AvgIpc) is 3.27. The number of halogens is 1. The lowest BCUT2D eigenvalue weighted by atomic mass is 9.91. The van der Waals surface area contributed by atoms with E-state index < -0.39 is 0 Å². The first-order valence-electron chi connectivity index (χ1n) is 11.4. The van der Waals surface area contributed by atoms with Gasteiger partial charge in [0.05, 0.1) is 0 Å². The minimum atomic E-state index is 1.16. The second-order valence-electron chi connectivity index (χ2n) is 8.67. The Kier molecular flexibility index (Phi) is 4.58. The normalized spacial score (nSPS) is 11.7. The number of rotatable bonds is 2. The number of thiophene rings is 1. The standard InChI is InChI=1S/C32H19BrS/c33-32-26-10-3-1-8-24(26)31(25-9-2-4-11-27(25)32)21-15-13-20(14-16-21)22-17-18-30-28(19-22)23-7-5-6-12-29(23)34-30/h1-19H. The largest absolute Gasteiger partial charge is 0.135 e. The molecule has 7 aromatic rings. The van der Waals surface area contributed by atoms with Crippen molar-refractivity contribution < 1.29 is 0 Å². The Morgan fingerprint density at radius 1 is 0.412 bits per heavy atom. The molecule has 0 aliphatic carbocycles. The number of hydrogen-bond donors (Lipinski definition) is 0. The quantitative estimate of drug-likeness (QED) is 0.201. The maximum absolute atomic E-state index is 3.87. The second-order valence-corrected chi connectivity index (χ2v) is 10.5. The van der Waals surface area contributed by atoms with Crippen LogP contribution in [-0.2, 0) is 0 Å². The SMILES string of the molecule is Brc1c2ccccc2c(-c2ccc(-c3ccc4sc5ccccc5c4c3)cc2)c2ccccc12. The molecule has 160 valence electrons. The second kappa shape index (κ2) is 7.80. The third kappa shape index (κ3) is 3.03. The summed E-state index contributed by atoms with van der Waals surface area (Å²) >= 11 is 5.73. The third-order valence-electron chi connectivity index (χ3n) is 6.75. The molecule has 1 heterocycles. The van der Waals surface area contributed by atoms with Gasteiger partial charge in [0.15, 0.2) is 0 Å². The van der Waals surface area contributed by atoms with Crippen LogP contribution < -0.4 is 0 Å².